The summed E-state index contributed by atoms with van der Waals surface area (Å²) < 4.78 is 0. The lowest BCUT2D eigenvalue weighted by atomic mass is 10.2. The van der Waals surface area contributed by atoms with Gasteiger partial charge in [0.05, 0.1) is 17.8 Å². The number of urea groups is 1. The number of aromatic nitrogens is 1. The van der Waals surface area contributed by atoms with Gasteiger partial charge in [-0.3, -0.25) is 9.88 Å². The third-order valence-corrected chi connectivity index (χ3v) is 5.36. The van der Waals surface area contributed by atoms with Crippen molar-refractivity contribution in [3.05, 3.63) is 52.5 Å². The Morgan fingerprint density at radius 1 is 1.29 bits per heavy atom. The summed E-state index contributed by atoms with van der Waals surface area (Å²) in [5.74, 6) is 0. The normalized spacial score (nSPS) is 17.4. The maximum atomic E-state index is 12.3. The van der Waals surface area contributed by atoms with Gasteiger partial charge in [0.25, 0.3) is 0 Å². The van der Waals surface area contributed by atoms with E-state index in [9.17, 15) is 4.79 Å². The maximum absolute atomic E-state index is 12.3. The number of carbonyl (C=O) groups excluding carboxylic acids is 1. The Morgan fingerprint density at radius 2 is 2.12 bits per heavy atom. The van der Waals surface area contributed by atoms with Gasteiger partial charge in [-0.05, 0) is 56.4 Å². The van der Waals surface area contributed by atoms with Gasteiger partial charge in [-0.15, -0.1) is 11.3 Å². The molecule has 6 heteroatoms. The van der Waals surface area contributed by atoms with Crippen molar-refractivity contribution in [1.82, 2.24) is 20.5 Å². The van der Waals surface area contributed by atoms with E-state index in [4.69, 9.17) is 0 Å². The first-order valence-electron chi connectivity index (χ1n) is 8.47. The highest BCUT2D eigenvalue weighted by Crippen LogP contribution is 2.27. The van der Waals surface area contributed by atoms with E-state index in [0.29, 0.717) is 6.54 Å². The monoisotopic (exact) mass is 344 g/mol. The van der Waals surface area contributed by atoms with Crippen LogP contribution in [-0.2, 0) is 0 Å². The summed E-state index contributed by atoms with van der Waals surface area (Å²) in [5, 5.41) is 8.09. The molecule has 3 rings (SSSR count). The van der Waals surface area contributed by atoms with Crippen molar-refractivity contribution in [1.29, 1.82) is 0 Å². The van der Waals surface area contributed by atoms with E-state index in [1.807, 2.05) is 25.1 Å². The summed E-state index contributed by atoms with van der Waals surface area (Å²) in [6.07, 6.45) is 4.22. The third kappa shape index (κ3) is 4.33. The van der Waals surface area contributed by atoms with Crippen molar-refractivity contribution in [3.8, 4) is 0 Å². The molecule has 0 saturated carbocycles. The van der Waals surface area contributed by atoms with Crippen molar-refractivity contribution in [3.63, 3.8) is 0 Å². The molecule has 0 radical (unpaired) electrons. The summed E-state index contributed by atoms with van der Waals surface area (Å²) in [7, 11) is 0. The van der Waals surface area contributed by atoms with E-state index in [2.05, 4.69) is 38.0 Å². The topological polar surface area (TPSA) is 57.3 Å². The van der Waals surface area contributed by atoms with Crippen molar-refractivity contribution in [2.45, 2.75) is 31.8 Å². The lowest BCUT2D eigenvalue weighted by Gasteiger charge is -2.27. The van der Waals surface area contributed by atoms with E-state index in [0.717, 1.165) is 18.8 Å². The standard InChI is InChI=1S/C18H24N4OS/c1-14(15-7-2-3-9-19-15)21-18(23)20-13-16(17-8-6-12-24-17)22-10-4-5-11-22/h2-3,6-9,12,14,16H,4-5,10-11,13H2,1H3,(H2,20,21,23)/t14-,16-/m0/s1. The molecule has 24 heavy (non-hydrogen) atoms. The fourth-order valence-corrected chi connectivity index (χ4v) is 3.95. The van der Waals surface area contributed by atoms with E-state index in [1.165, 1.54) is 17.7 Å². The number of thiophene rings is 1. The van der Waals surface area contributed by atoms with Crippen LogP contribution in [0.15, 0.2) is 41.9 Å². The molecule has 0 bridgehead atoms. The molecule has 1 fully saturated rings. The van der Waals surface area contributed by atoms with Gasteiger partial charge in [0.2, 0.25) is 0 Å². The molecule has 1 saturated heterocycles. The number of rotatable bonds is 6. The first kappa shape index (κ1) is 16.9. The second-order valence-electron chi connectivity index (χ2n) is 6.10. The Kier molecular flexibility index (Phi) is 5.82. The van der Waals surface area contributed by atoms with Crippen LogP contribution in [0.4, 0.5) is 4.79 Å². The molecular weight excluding hydrogens is 320 g/mol. The van der Waals surface area contributed by atoms with Crippen LogP contribution in [0.3, 0.4) is 0 Å². The Balaban J connectivity index is 1.55. The van der Waals surface area contributed by atoms with Crippen molar-refractivity contribution < 1.29 is 4.79 Å². The Labute approximate surface area is 147 Å². The molecule has 0 aromatic carbocycles. The van der Waals surface area contributed by atoms with Crippen LogP contribution in [0.2, 0.25) is 0 Å². The van der Waals surface area contributed by atoms with E-state index in [1.54, 1.807) is 17.5 Å². The first-order chi connectivity index (χ1) is 11.7. The molecule has 1 aliphatic heterocycles. The quantitative estimate of drug-likeness (QED) is 0.845. The maximum Gasteiger partial charge on any atom is 0.315 e. The number of nitrogens with zero attached hydrogens (tertiary/aromatic N) is 2. The molecule has 0 aliphatic carbocycles. The SMILES string of the molecule is C[C@H](NC(=O)NC[C@@H](c1cccs1)N1CCCC1)c1ccccn1. The Hall–Kier alpha value is -1.92. The van der Waals surface area contributed by atoms with Crippen LogP contribution in [-0.4, -0.2) is 35.5 Å². The Morgan fingerprint density at radius 3 is 2.79 bits per heavy atom. The molecule has 2 atom stereocenters. The molecule has 0 spiro atoms. The Bertz CT molecular complexity index is 626. The lowest BCUT2D eigenvalue weighted by molar-refractivity contribution is 0.220. The summed E-state index contributed by atoms with van der Waals surface area (Å²) in [5.41, 5.74) is 0.863. The molecule has 128 valence electrons. The number of nitrogens with one attached hydrogen (secondary N) is 2. The van der Waals surface area contributed by atoms with Gasteiger partial charge in [0.1, 0.15) is 0 Å². The second kappa shape index (κ2) is 8.26. The van der Waals surface area contributed by atoms with E-state index in [-0.39, 0.29) is 18.1 Å². The van der Waals surface area contributed by atoms with Crippen molar-refractivity contribution in [2.24, 2.45) is 0 Å². The summed E-state index contributed by atoms with van der Waals surface area (Å²) in [6, 6.07) is 9.96. The average Bonchev–Trinajstić information content (AvgIpc) is 3.30. The van der Waals surface area contributed by atoms with Crippen molar-refractivity contribution >= 4 is 17.4 Å². The predicted octanol–water partition coefficient (Wildman–Crippen LogP) is 3.34. The smallest absolute Gasteiger partial charge is 0.315 e. The minimum atomic E-state index is -0.145. The zero-order valence-electron chi connectivity index (χ0n) is 13.9. The molecular formula is C18H24N4OS. The third-order valence-electron chi connectivity index (χ3n) is 4.39. The van der Waals surface area contributed by atoms with Gasteiger partial charge in [0.15, 0.2) is 0 Å². The summed E-state index contributed by atoms with van der Waals surface area (Å²) in [6.45, 7) is 4.78. The van der Waals surface area contributed by atoms with Crippen LogP contribution >= 0.6 is 11.3 Å². The van der Waals surface area contributed by atoms with Gasteiger partial charge in [-0.25, -0.2) is 4.79 Å². The minimum absolute atomic E-state index is 0.113. The van der Waals surface area contributed by atoms with Crippen LogP contribution in [0, 0.1) is 0 Å². The van der Waals surface area contributed by atoms with Gasteiger partial charge in [-0.1, -0.05) is 12.1 Å². The number of amides is 2. The number of carbonyl (C=O) groups is 1. The van der Waals surface area contributed by atoms with Gasteiger partial charge >= 0.3 is 6.03 Å². The molecule has 2 amide bonds. The highest BCUT2D eigenvalue weighted by Gasteiger charge is 2.24. The number of hydrogen-bond acceptors (Lipinski definition) is 4. The number of likely N-dealkylation sites (tertiary alicyclic amines) is 1. The van der Waals surface area contributed by atoms with Gasteiger partial charge in [0, 0.05) is 17.6 Å². The number of pyridine rings is 1. The first-order valence-corrected chi connectivity index (χ1v) is 9.35. The van der Waals surface area contributed by atoms with Gasteiger partial charge < -0.3 is 10.6 Å². The molecule has 1 aliphatic rings. The largest absolute Gasteiger partial charge is 0.336 e. The second-order valence-corrected chi connectivity index (χ2v) is 7.08. The summed E-state index contributed by atoms with van der Waals surface area (Å²) in [4.78, 5) is 20.3. The van der Waals surface area contributed by atoms with Crippen LogP contribution in [0.1, 0.15) is 42.4 Å². The van der Waals surface area contributed by atoms with Crippen LogP contribution < -0.4 is 10.6 Å². The fraction of sp³-hybridized carbons (Fsp3) is 0.444. The lowest BCUT2D eigenvalue weighted by Crippen LogP contribution is -2.42. The predicted molar refractivity (Wildman–Crippen MR) is 97.1 cm³/mol. The zero-order chi connectivity index (χ0) is 16.8. The molecule has 5 nitrogen and oxygen atoms in total. The fourth-order valence-electron chi connectivity index (χ4n) is 3.09. The highest BCUT2D eigenvalue weighted by atomic mass is 32.1. The number of hydrogen-bond donors (Lipinski definition) is 2. The van der Waals surface area contributed by atoms with E-state index >= 15 is 0 Å². The summed E-state index contributed by atoms with van der Waals surface area (Å²) >= 11 is 1.76. The van der Waals surface area contributed by atoms with Crippen LogP contribution in [0.25, 0.3) is 0 Å². The van der Waals surface area contributed by atoms with Crippen LogP contribution in [0.5, 0.6) is 0 Å². The minimum Gasteiger partial charge on any atom is -0.336 e. The zero-order valence-corrected chi connectivity index (χ0v) is 14.8. The molecule has 0 unspecified atom stereocenters. The highest BCUT2D eigenvalue weighted by molar-refractivity contribution is 7.10. The molecule has 2 N–H and O–H groups in total. The molecule has 2 aromatic rings. The van der Waals surface area contributed by atoms with E-state index < -0.39 is 0 Å². The van der Waals surface area contributed by atoms with Gasteiger partial charge in [-0.2, -0.15) is 0 Å². The average molecular weight is 344 g/mol. The molecule has 3 heterocycles. The molecule has 2 aromatic heterocycles. The van der Waals surface area contributed by atoms with Crippen molar-refractivity contribution in [2.75, 3.05) is 19.6 Å².